The lowest BCUT2D eigenvalue weighted by molar-refractivity contribution is -0.121. The van der Waals surface area contributed by atoms with Crippen molar-refractivity contribution in [1.29, 1.82) is 0 Å². The summed E-state index contributed by atoms with van der Waals surface area (Å²) >= 11 is 0. The molecule has 3 aromatic carbocycles. The van der Waals surface area contributed by atoms with Crippen molar-refractivity contribution >= 4 is 26.0 Å². The normalized spacial score (nSPS) is 12.0. The molecule has 0 heterocycles. The highest BCUT2D eigenvalue weighted by Gasteiger charge is 2.28. The van der Waals surface area contributed by atoms with Crippen LogP contribution in [0.1, 0.15) is 22.3 Å². The quantitative estimate of drug-likeness (QED) is 0.371. The number of carbonyl (C=O) groups is 1. The molecule has 0 unspecified atom stereocenters. The van der Waals surface area contributed by atoms with Gasteiger partial charge < -0.3 is 5.32 Å². The maximum atomic E-state index is 13.5. The lowest BCUT2D eigenvalue weighted by atomic mass is 10.2. The van der Waals surface area contributed by atoms with Gasteiger partial charge in [0.2, 0.25) is 26.0 Å². The minimum atomic E-state index is -3.98. The smallest absolute Gasteiger partial charge is 0.244 e. The van der Waals surface area contributed by atoms with Crippen molar-refractivity contribution in [2.75, 3.05) is 19.6 Å². The number of hydrogen-bond acceptors (Lipinski definition) is 5. The van der Waals surface area contributed by atoms with Crippen LogP contribution in [0.15, 0.2) is 82.6 Å². The van der Waals surface area contributed by atoms with Crippen LogP contribution in [0.4, 0.5) is 0 Å². The molecule has 0 aliphatic heterocycles. The lowest BCUT2D eigenvalue weighted by Gasteiger charge is -2.23. The fourth-order valence-corrected chi connectivity index (χ4v) is 6.27. The molecule has 10 heteroatoms. The number of hydrogen-bond donors (Lipinski definition) is 2. The minimum absolute atomic E-state index is 0.00657. The Hall–Kier alpha value is -3.05. The predicted octanol–water partition coefficient (Wildman–Crippen LogP) is 2.90. The third kappa shape index (κ3) is 7.23. The molecule has 0 saturated carbocycles. The zero-order valence-corrected chi connectivity index (χ0v) is 22.2. The van der Waals surface area contributed by atoms with Gasteiger partial charge in [0, 0.05) is 19.6 Å². The molecule has 0 aliphatic rings. The molecule has 8 nitrogen and oxygen atoms in total. The first-order valence-corrected chi connectivity index (χ1v) is 14.4. The van der Waals surface area contributed by atoms with Crippen molar-refractivity contribution < 1.29 is 21.6 Å². The van der Waals surface area contributed by atoms with Crippen LogP contribution < -0.4 is 10.0 Å². The van der Waals surface area contributed by atoms with Gasteiger partial charge in [-0.3, -0.25) is 4.79 Å². The zero-order chi connectivity index (χ0) is 26.3. The lowest BCUT2D eigenvalue weighted by Crippen LogP contribution is -2.42. The van der Waals surface area contributed by atoms with Crippen LogP contribution in [0.5, 0.6) is 0 Å². The van der Waals surface area contributed by atoms with E-state index >= 15 is 0 Å². The van der Waals surface area contributed by atoms with Gasteiger partial charge in [0.15, 0.2) is 0 Å². The van der Waals surface area contributed by atoms with Gasteiger partial charge in [-0.05, 0) is 55.7 Å². The maximum Gasteiger partial charge on any atom is 0.244 e. The molecule has 0 fully saturated rings. The number of carbonyl (C=O) groups excluding carboxylic acids is 1. The Labute approximate surface area is 213 Å². The molecule has 3 aromatic rings. The Kier molecular flexibility index (Phi) is 9.02. The van der Waals surface area contributed by atoms with E-state index in [1.165, 1.54) is 12.1 Å². The van der Waals surface area contributed by atoms with E-state index in [0.717, 1.165) is 21.0 Å². The average Bonchev–Trinajstić information content (AvgIpc) is 2.84. The number of amides is 1. The second-order valence-electron chi connectivity index (χ2n) is 8.59. The number of sulfonamides is 2. The predicted molar refractivity (Wildman–Crippen MR) is 139 cm³/mol. The Morgan fingerprint density at radius 1 is 0.806 bits per heavy atom. The van der Waals surface area contributed by atoms with E-state index in [4.69, 9.17) is 0 Å². The summed E-state index contributed by atoms with van der Waals surface area (Å²) in [5.74, 6) is -0.533. The van der Waals surface area contributed by atoms with Crippen LogP contribution in [0.3, 0.4) is 0 Å². The summed E-state index contributed by atoms with van der Waals surface area (Å²) in [6.07, 6.45) is 0. The Morgan fingerprint density at radius 2 is 1.44 bits per heavy atom. The van der Waals surface area contributed by atoms with Crippen LogP contribution in [-0.4, -0.2) is 46.7 Å². The minimum Gasteiger partial charge on any atom is -0.354 e. The molecule has 0 spiro atoms. The van der Waals surface area contributed by atoms with Crippen molar-refractivity contribution in [1.82, 2.24) is 14.3 Å². The molecule has 0 bridgehead atoms. The van der Waals surface area contributed by atoms with E-state index < -0.39 is 32.5 Å². The van der Waals surface area contributed by atoms with E-state index in [2.05, 4.69) is 10.0 Å². The van der Waals surface area contributed by atoms with Crippen molar-refractivity contribution in [2.24, 2.45) is 0 Å². The first-order valence-electron chi connectivity index (χ1n) is 11.4. The molecule has 0 aliphatic carbocycles. The van der Waals surface area contributed by atoms with Gasteiger partial charge >= 0.3 is 0 Å². The molecule has 0 atom stereocenters. The summed E-state index contributed by atoms with van der Waals surface area (Å²) in [5.41, 5.74) is 3.07. The number of rotatable bonds is 11. The topological polar surface area (TPSA) is 113 Å². The van der Waals surface area contributed by atoms with Gasteiger partial charge in [-0.25, -0.2) is 21.6 Å². The van der Waals surface area contributed by atoms with Gasteiger partial charge in [-0.15, -0.1) is 0 Å². The summed E-state index contributed by atoms with van der Waals surface area (Å²) in [5, 5.41) is 2.61. The highest BCUT2D eigenvalue weighted by Crippen LogP contribution is 2.23. The van der Waals surface area contributed by atoms with Crippen molar-refractivity contribution in [3.63, 3.8) is 0 Å². The molecule has 2 N–H and O–H groups in total. The van der Waals surface area contributed by atoms with E-state index in [1.807, 2.05) is 26.0 Å². The zero-order valence-electron chi connectivity index (χ0n) is 20.6. The molecular formula is C26H31N3O5S2. The van der Waals surface area contributed by atoms with Crippen LogP contribution in [0, 0.1) is 20.8 Å². The molecule has 3 rings (SSSR count). The molecular weight excluding hydrogens is 498 g/mol. The van der Waals surface area contributed by atoms with Crippen LogP contribution >= 0.6 is 0 Å². The van der Waals surface area contributed by atoms with Gasteiger partial charge in [-0.2, -0.15) is 4.31 Å². The van der Waals surface area contributed by atoms with Crippen LogP contribution in [-0.2, 0) is 31.4 Å². The second kappa shape index (κ2) is 11.8. The Balaban J connectivity index is 1.68. The van der Waals surface area contributed by atoms with Crippen molar-refractivity contribution in [2.45, 2.75) is 37.1 Å². The van der Waals surface area contributed by atoms with E-state index in [1.54, 1.807) is 55.5 Å². The average molecular weight is 530 g/mol. The standard InChI is InChI=1S/C26H31N3O5S2/c1-20-10-13-24(14-11-20)35(31,32)28-16-15-27-26(30)19-29(18-23-7-5-4-6-8-23)36(33,34)25-17-21(2)9-12-22(25)3/h4-14,17,28H,15-16,18-19H2,1-3H3,(H,27,30). The third-order valence-electron chi connectivity index (χ3n) is 5.55. The summed E-state index contributed by atoms with van der Waals surface area (Å²) in [7, 11) is -7.69. The van der Waals surface area contributed by atoms with Crippen LogP contribution in [0.2, 0.25) is 0 Å². The number of nitrogens with zero attached hydrogens (tertiary/aromatic N) is 1. The fourth-order valence-electron chi connectivity index (χ4n) is 3.54. The SMILES string of the molecule is Cc1ccc(S(=O)(=O)NCCNC(=O)CN(Cc2ccccc2)S(=O)(=O)c2cc(C)ccc2C)cc1. The van der Waals surface area contributed by atoms with E-state index in [9.17, 15) is 21.6 Å². The Morgan fingerprint density at radius 3 is 2.11 bits per heavy atom. The van der Waals surface area contributed by atoms with Gasteiger partial charge in [0.25, 0.3) is 0 Å². The van der Waals surface area contributed by atoms with E-state index in [0.29, 0.717) is 5.56 Å². The number of aryl methyl sites for hydroxylation is 3. The molecule has 0 radical (unpaired) electrons. The van der Waals surface area contributed by atoms with Gasteiger partial charge in [0.1, 0.15) is 0 Å². The number of benzene rings is 3. The summed E-state index contributed by atoms with van der Waals surface area (Å²) in [6, 6.07) is 20.6. The molecule has 36 heavy (non-hydrogen) atoms. The summed E-state index contributed by atoms with van der Waals surface area (Å²) in [4.78, 5) is 13.0. The molecule has 1 amide bonds. The summed E-state index contributed by atoms with van der Waals surface area (Å²) in [6.45, 7) is 4.97. The monoisotopic (exact) mass is 529 g/mol. The fraction of sp³-hybridized carbons (Fsp3) is 0.269. The first kappa shape index (κ1) is 27.5. The summed E-state index contributed by atoms with van der Waals surface area (Å²) < 4.78 is 55.5. The second-order valence-corrected chi connectivity index (χ2v) is 12.3. The van der Waals surface area contributed by atoms with Crippen LogP contribution in [0.25, 0.3) is 0 Å². The molecule has 192 valence electrons. The highest BCUT2D eigenvalue weighted by molar-refractivity contribution is 7.89. The maximum absolute atomic E-state index is 13.5. The van der Waals surface area contributed by atoms with E-state index in [-0.39, 0.29) is 29.4 Å². The third-order valence-corrected chi connectivity index (χ3v) is 8.96. The van der Waals surface area contributed by atoms with Gasteiger partial charge in [-0.1, -0.05) is 60.2 Å². The molecule has 0 aromatic heterocycles. The van der Waals surface area contributed by atoms with Crippen molar-refractivity contribution in [3.05, 3.63) is 95.1 Å². The first-order chi connectivity index (χ1) is 17.0. The van der Waals surface area contributed by atoms with Crippen molar-refractivity contribution in [3.8, 4) is 0 Å². The van der Waals surface area contributed by atoms with Gasteiger partial charge in [0.05, 0.1) is 16.3 Å². The Bertz CT molecular complexity index is 1410. The molecule has 0 saturated heterocycles. The number of nitrogens with one attached hydrogen (secondary N) is 2. The highest BCUT2D eigenvalue weighted by atomic mass is 32.2. The largest absolute Gasteiger partial charge is 0.354 e.